The van der Waals surface area contributed by atoms with Crippen LogP contribution in [0.5, 0.6) is 0 Å². The number of hydrogen-bond donors (Lipinski definition) is 3. The van der Waals surface area contributed by atoms with E-state index in [1.807, 2.05) is 13.8 Å². The summed E-state index contributed by atoms with van der Waals surface area (Å²) >= 11 is 0. The molecule has 0 aromatic rings. The van der Waals surface area contributed by atoms with Crippen molar-refractivity contribution in [1.82, 2.24) is 5.32 Å². The van der Waals surface area contributed by atoms with E-state index in [0.29, 0.717) is 12.3 Å². The minimum atomic E-state index is -0.666. The molecule has 5 N–H and O–H groups in total. The molecule has 0 aliphatic carbocycles. The van der Waals surface area contributed by atoms with Crippen molar-refractivity contribution in [2.75, 3.05) is 0 Å². The molecule has 6 heteroatoms. The van der Waals surface area contributed by atoms with Crippen LogP contribution in [0.2, 0.25) is 0 Å². The highest BCUT2D eigenvalue weighted by Crippen LogP contribution is 2.02. The highest BCUT2D eigenvalue weighted by molar-refractivity contribution is 5.88. The quantitative estimate of drug-likeness (QED) is 0.616. The fourth-order valence-electron chi connectivity index (χ4n) is 1.01. The Kier molecular flexibility index (Phi) is 8.28. The SMILES string of the molecule is CC(C)C[C@H](N)C(=O)N[C@@H](C)C(N)=O.Cl. The third-order valence-corrected chi connectivity index (χ3v) is 1.85. The Hall–Kier alpha value is -0.810. The van der Waals surface area contributed by atoms with Crippen LogP contribution in [-0.4, -0.2) is 23.9 Å². The van der Waals surface area contributed by atoms with E-state index < -0.39 is 18.0 Å². The van der Waals surface area contributed by atoms with Crippen molar-refractivity contribution in [2.24, 2.45) is 17.4 Å². The zero-order valence-electron chi connectivity index (χ0n) is 9.32. The van der Waals surface area contributed by atoms with E-state index in [1.54, 1.807) is 0 Å². The van der Waals surface area contributed by atoms with Crippen LogP contribution in [0, 0.1) is 5.92 Å². The van der Waals surface area contributed by atoms with Gasteiger partial charge in [0.2, 0.25) is 11.8 Å². The van der Waals surface area contributed by atoms with E-state index in [9.17, 15) is 9.59 Å². The molecule has 0 aliphatic heterocycles. The lowest BCUT2D eigenvalue weighted by Crippen LogP contribution is -2.49. The summed E-state index contributed by atoms with van der Waals surface area (Å²) in [5.41, 5.74) is 10.6. The third kappa shape index (κ3) is 7.16. The molecule has 0 fully saturated rings. The molecule has 90 valence electrons. The highest BCUT2D eigenvalue weighted by atomic mass is 35.5. The molecule has 0 aliphatic rings. The molecule has 2 amide bonds. The average Bonchev–Trinajstić information content (AvgIpc) is 2.02. The summed E-state index contributed by atoms with van der Waals surface area (Å²) in [6.07, 6.45) is 0.595. The maximum absolute atomic E-state index is 11.3. The van der Waals surface area contributed by atoms with Crippen LogP contribution in [0.1, 0.15) is 27.2 Å². The summed E-state index contributed by atoms with van der Waals surface area (Å²) in [6, 6.07) is -1.24. The van der Waals surface area contributed by atoms with Gasteiger partial charge < -0.3 is 16.8 Å². The number of nitrogens with two attached hydrogens (primary N) is 2. The van der Waals surface area contributed by atoms with Crippen LogP contribution in [0.15, 0.2) is 0 Å². The summed E-state index contributed by atoms with van der Waals surface area (Å²) in [5.74, 6) is -0.542. The number of carbonyl (C=O) groups is 2. The predicted octanol–water partition coefficient (Wildman–Crippen LogP) is -0.228. The first-order chi connectivity index (χ1) is 6.34. The van der Waals surface area contributed by atoms with Crippen molar-refractivity contribution >= 4 is 24.2 Å². The summed E-state index contributed by atoms with van der Waals surface area (Å²) in [7, 11) is 0. The van der Waals surface area contributed by atoms with E-state index in [-0.39, 0.29) is 18.3 Å². The van der Waals surface area contributed by atoms with Gasteiger partial charge in [-0.3, -0.25) is 9.59 Å². The molecule has 0 heterocycles. The van der Waals surface area contributed by atoms with Crippen molar-refractivity contribution < 1.29 is 9.59 Å². The van der Waals surface area contributed by atoms with Gasteiger partial charge in [0.05, 0.1) is 6.04 Å². The molecular weight excluding hydrogens is 218 g/mol. The van der Waals surface area contributed by atoms with E-state index in [1.165, 1.54) is 6.92 Å². The topological polar surface area (TPSA) is 98.2 Å². The largest absolute Gasteiger partial charge is 0.368 e. The second kappa shape index (κ2) is 7.48. The molecule has 0 rings (SSSR count). The van der Waals surface area contributed by atoms with E-state index in [0.717, 1.165) is 0 Å². The van der Waals surface area contributed by atoms with Crippen molar-refractivity contribution in [3.8, 4) is 0 Å². The first-order valence-electron chi connectivity index (χ1n) is 4.69. The van der Waals surface area contributed by atoms with Crippen LogP contribution < -0.4 is 16.8 Å². The molecule has 0 aromatic heterocycles. The Morgan fingerprint density at radius 1 is 1.27 bits per heavy atom. The van der Waals surface area contributed by atoms with Crippen LogP contribution in [0.25, 0.3) is 0 Å². The van der Waals surface area contributed by atoms with Gasteiger partial charge in [0.1, 0.15) is 6.04 Å². The van der Waals surface area contributed by atoms with Gasteiger partial charge in [-0.2, -0.15) is 0 Å². The Morgan fingerprint density at radius 3 is 2.07 bits per heavy atom. The molecule has 5 nitrogen and oxygen atoms in total. The number of nitrogens with one attached hydrogen (secondary N) is 1. The summed E-state index contributed by atoms with van der Waals surface area (Å²) in [5, 5.41) is 2.45. The zero-order chi connectivity index (χ0) is 11.3. The van der Waals surface area contributed by atoms with E-state index in [2.05, 4.69) is 5.32 Å². The van der Waals surface area contributed by atoms with Gasteiger partial charge in [0.25, 0.3) is 0 Å². The van der Waals surface area contributed by atoms with Gasteiger partial charge in [0.15, 0.2) is 0 Å². The predicted molar refractivity (Wildman–Crippen MR) is 61.5 cm³/mol. The van der Waals surface area contributed by atoms with Crippen LogP contribution in [-0.2, 0) is 9.59 Å². The Labute approximate surface area is 96.4 Å². The number of amides is 2. The Bertz CT molecular complexity index is 221. The molecule has 0 unspecified atom stereocenters. The fraction of sp³-hybridized carbons (Fsp3) is 0.778. The van der Waals surface area contributed by atoms with Gasteiger partial charge in [-0.1, -0.05) is 13.8 Å². The maximum atomic E-state index is 11.3. The molecule has 0 bridgehead atoms. The maximum Gasteiger partial charge on any atom is 0.239 e. The lowest BCUT2D eigenvalue weighted by atomic mass is 10.0. The number of primary amides is 1. The summed E-state index contributed by atoms with van der Waals surface area (Å²) in [6.45, 7) is 5.48. The minimum Gasteiger partial charge on any atom is -0.368 e. The molecule has 0 saturated heterocycles. The van der Waals surface area contributed by atoms with Crippen LogP contribution >= 0.6 is 12.4 Å². The monoisotopic (exact) mass is 237 g/mol. The van der Waals surface area contributed by atoms with Crippen molar-refractivity contribution in [2.45, 2.75) is 39.3 Å². The molecule has 0 spiro atoms. The molecule has 15 heavy (non-hydrogen) atoms. The first-order valence-corrected chi connectivity index (χ1v) is 4.69. The Morgan fingerprint density at radius 2 is 1.73 bits per heavy atom. The van der Waals surface area contributed by atoms with Crippen molar-refractivity contribution in [3.05, 3.63) is 0 Å². The zero-order valence-corrected chi connectivity index (χ0v) is 10.1. The van der Waals surface area contributed by atoms with Crippen molar-refractivity contribution in [3.63, 3.8) is 0 Å². The molecule has 0 saturated carbocycles. The summed E-state index contributed by atoms with van der Waals surface area (Å²) in [4.78, 5) is 22.0. The van der Waals surface area contributed by atoms with Crippen LogP contribution in [0.3, 0.4) is 0 Å². The second-order valence-corrected chi connectivity index (χ2v) is 3.87. The second-order valence-electron chi connectivity index (χ2n) is 3.87. The summed E-state index contributed by atoms with van der Waals surface area (Å²) < 4.78 is 0. The highest BCUT2D eigenvalue weighted by Gasteiger charge is 2.18. The molecule has 0 aromatic carbocycles. The number of rotatable bonds is 5. The van der Waals surface area contributed by atoms with Crippen LogP contribution in [0.4, 0.5) is 0 Å². The van der Waals surface area contributed by atoms with Gasteiger partial charge in [-0.05, 0) is 19.3 Å². The van der Waals surface area contributed by atoms with Crippen molar-refractivity contribution in [1.29, 1.82) is 0 Å². The fourth-order valence-corrected chi connectivity index (χ4v) is 1.01. The number of carbonyl (C=O) groups excluding carboxylic acids is 2. The number of halogens is 1. The third-order valence-electron chi connectivity index (χ3n) is 1.85. The van der Waals surface area contributed by atoms with Gasteiger partial charge in [-0.15, -0.1) is 12.4 Å². The first kappa shape index (κ1) is 16.6. The van der Waals surface area contributed by atoms with Gasteiger partial charge in [0, 0.05) is 0 Å². The van der Waals surface area contributed by atoms with Gasteiger partial charge >= 0.3 is 0 Å². The molecule has 2 atom stereocenters. The smallest absolute Gasteiger partial charge is 0.239 e. The van der Waals surface area contributed by atoms with E-state index >= 15 is 0 Å². The van der Waals surface area contributed by atoms with Gasteiger partial charge in [-0.25, -0.2) is 0 Å². The Balaban J connectivity index is 0. The average molecular weight is 238 g/mol. The molecular formula is C9H20ClN3O2. The van der Waals surface area contributed by atoms with E-state index in [4.69, 9.17) is 11.5 Å². The lowest BCUT2D eigenvalue weighted by molar-refractivity contribution is -0.127. The normalized spacial score (nSPS) is 13.9. The number of hydrogen-bond acceptors (Lipinski definition) is 3. The lowest BCUT2D eigenvalue weighted by Gasteiger charge is -2.16. The molecule has 0 radical (unpaired) electrons. The minimum absolute atomic E-state index is 0. The standard InChI is InChI=1S/C9H19N3O2.ClH/c1-5(2)4-7(10)9(14)12-6(3)8(11)13;/h5-7H,4,10H2,1-3H3,(H2,11,13)(H,12,14);1H/t6-,7-;/m0./s1.